The van der Waals surface area contributed by atoms with Gasteiger partial charge in [0.25, 0.3) is 0 Å². The van der Waals surface area contributed by atoms with Gasteiger partial charge in [0.15, 0.2) is 0 Å². The zero-order valence-electron chi connectivity index (χ0n) is 11.4. The summed E-state index contributed by atoms with van der Waals surface area (Å²) in [7, 11) is 0. The molecule has 0 fully saturated rings. The van der Waals surface area contributed by atoms with Crippen LogP contribution in [0.5, 0.6) is 0 Å². The molecule has 5 heteroatoms. The van der Waals surface area contributed by atoms with Gasteiger partial charge in [-0.1, -0.05) is 12.1 Å². The minimum atomic E-state index is -1.01. The number of pyridine rings is 1. The number of rotatable bonds is 3. The number of hydrogen-bond donors (Lipinski definition) is 1. The lowest BCUT2D eigenvalue weighted by molar-refractivity contribution is 0.0697. The number of hydrogen-bond acceptors (Lipinski definition) is 3. The van der Waals surface area contributed by atoms with Gasteiger partial charge in [0.1, 0.15) is 5.56 Å². The van der Waals surface area contributed by atoms with E-state index >= 15 is 0 Å². The Balaban J connectivity index is 2.25. The van der Waals surface area contributed by atoms with E-state index in [4.69, 9.17) is 0 Å². The maximum Gasteiger partial charge on any atom is 0.339 e. The molecule has 0 saturated heterocycles. The standard InChI is InChI=1S/C16H13N3O2/c1-11-4-2-6-13(8-11)19-15(12-5-3-7-17-9-12)14(10-18-19)16(20)21/h2-10H,1H3,(H,20,21). The Morgan fingerprint density at radius 3 is 2.71 bits per heavy atom. The number of aromatic nitrogens is 3. The molecule has 3 rings (SSSR count). The van der Waals surface area contributed by atoms with Gasteiger partial charge in [0.2, 0.25) is 0 Å². The minimum absolute atomic E-state index is 0.157. The molecule has 0 saturated carbocycles. The van der Waals surface area contributed by atoms with E-state index in [0.29, 0.717) is 11.3 Å². The Hall–Kier alpha value is -2.95. The molecular weight excluding hydrogens is 266 g/mol. The van der Waals surface area contributed by atoms with Crippen molar-refractivity contribution < 1.29 is 9.90 Å². The largest absolute Gasteiger partial charge is 0.478 e. The van der Waals surface area contributed by atoms with Gasteiger partial charge in [0, 0.05) is 18.0 Å². The summed E-state index contributed by atoms with van der Waals surface area (Å²) in [4.78, 5) is 15.5. The van der Waals surface area contributed by atoms with Crippen molar-refractivity contribution in [3.05, 3.63) is 66.1 Å². The van der Waals surface area contributed by atoms with Crippen molar-refractivity contribution in [2.24, 2.45) is 0 Å². The predicted octanol–water partition coefficient (Wildman–Crippen LogP) is 2.94. The van der Waals surface area contributed by atoms with Crippen molar-refractivity contribution in [2.45, 2.75) is 6.92 Å². The number of aromatic carboxylic acids is 1. The second kappa shape index (κ2) is 5.20. The predicted molar refractivity (Wildman–Crippen MR) is 78.5 cm³/mol. The quantitative estimate of drug-likeness (QED) is 0.800. The zero-order valence-corrected chi connectivity index (χ0v) is 11.4. The number of carboxylic acids is 1. The summed E-state index contributed by atoms with van der Waals surface area (Å²) in [5.41, 5.74) is 3.30. The molecule has 0 aliphatic heterocycles. The number of nitrogens with zero attached hydrogens (tertiary/aromatic N) is 3. The van der Waals surface area contributed by atoms with Crippen LogP contribution in [0.4, 0.5) is 0 Å². The summed E-state index contributed by atoms with van der Waals surface area (Å²) in [6.45, 7) is 1.98. The van der Waals surface area contributed by atoms with E-state index in [1.165, 1.54) is 6.20 Å². The minimum Gasteiger partial charge on any atom is -0.478 e. The number of carbonyl (C=O) groups is 1. The Morgan fingerprint density at radius 1 is 1.19 bits per heavy atom. The van der Waals surface area contributed by atoms with Crippen LogP contribution in [-0.2, 0) is 0 Å². The summed E-state index contributed by atoms with van der Waals surface area (Å²) >= 11 is 0. The van der Waals surface area contributed by atoms with Gasteiger partial charge in [-0.15, -0.1) is 0 Å². The molecule has 2 aromatic heterocycles. The van der Waals surface area contributed by atoms with E-state index in [0.717, 1.165) is 11.3 Å². The van der Waals surface area contributed by atoms with E-state index < -0.39 is 5.97 Å². The molecule has 0 radical (unpaired) electrons. The maximum absolute atomic E-state index is 11.4. The summed E-state index contributed by atoms with van der Waals surface area (Å²) in [6, 6.07) is 11.3. The molecule has 1 N–H and O–H groups in total. The van der Waals surface area contributed by atoms with Gasteiger partial charge in [0.05, 0.1) is 17.6 Å². The summed E-state index contributed by atoms with van der Waals surface area (Å²) < 4.78 is 1.63. The topological polar surface area (TPSA) is 68.0 Å². The van der Waals surface area contributed by atoms with Crippen LogP contribution >= 0.6 is 0 Å². The SMILES string of the molecule is Cc1cccc(-n2ncc(C(=O)O)c2-c2cccnc2)c1. The van der Waals surface area contributed by atoms with E-state index in [1.54, 1.807) is 23.1 Å². The lowest BCUT2D eigenvalue weighted by atomic mass is 10.1. The second-order valence-corrected chi connectivity index (χ2v) is 4.70. The average molecular weight is 279 g/mol. The lowest BCUT2D eigenvalue weighted by Gasteiger charge is -2.09. The fourth-order valence-corrected chi connectivity index (χ4v) is 2.24. The molecule has 104 valence electrons. The van der Waals surface area contributed by atoms with Crippen molar-refractivity contribution in [3.63, 3.8) is 0 Å². The molecule has 0 aliphatic carbocycles. The van der Waals surface area contributed by atoms with E-state index in [1.807, 2.05) is 37.3 Å². The van der Waals surface area contributed by atoms with Gasteiger partial charge in [-0.3, -0.25) is 4.98 Å². The Labute approximate surface area is 121 Å². The van der Waals surface area contributed by atoms with Crippen molar-refractivity contribution >= 4 is 5.97 Å². The van der Waals surface area contributed by atoms with Crippen molar-refractivity contribution in [3.8, 4) is 16.9 Å². The van der Waals surface area contributed by atoms with Crippen LogP contribution < -0.4 is 0 Å². The first-order valence-corrected chi connectivity index (χ1v) is 6.45. The number of benzene rings is 1. The molecular formula is C16H13N3O2. The highest BCUT2D eigenvalue weighted by molar-refractivity contribution is 5.95. The number of carboxylic acid groups (broad SMARTS) is 1. The zero-order chi connectivity index (χ0) is 14.8. The average Bonchev–Trinajstić information content (AvgIpc) is 2.93. The molecule has 0 atom stereocenters. The third-order valence-electron chi connectivity index (χ3n) is 3.18. The van der Waals surface area contributed by atoms with Crippen LogP contribution in [0.15, 0.2) is 55.0 Å². The molecule has 0 spiro atoms. The first-order chi connectivity index (χ1) is 10.2. The fourth-order valence-electron chi connectivity index (χ4n) is 2.24. The van der Waals surface area contributed by atoms with Crippen LogP contribution in [0, 0.1) is 6.92 Å². The number of aryl methyl sites for hydroxylation is 1. The first kappa shape index (κ1) is 13.1. The summed E-state index contributed by atoms with van der Waals surface area (Å²) in [6.07, 6.45) is 4.65. The van der Waals surface area contributed by atoms with Gasteiger partial charge in [-0.2, -0.15) is 5.10 Å². The van der Waals surface area contributed by atoms with Gasteiger partial charge in [-0.05, 0) is 36.8 Å². The highest BCUT2D eigenvalue weighted by Gasteiger charge is 2.19. The van der Waals surface area contributed by atoms with Crippen molar-refractivity contribution in [2.75, 3.05) is 0 Å². The van der Waals surface area contributed by atoms with Crippen LogP contribution in [-0.4, -0.2) is 25.8 Å². The van der Waals surface area contributed by atoms with E-state index in [9.17, 15) is 9.90 Å². The molecule has 0 aliphatic rings. The van der Waals surface area contributed by atoms with Gasteiger partial charge in [-0.25, -0.2) is 9.48 Å². The maximum atomic E-state index is 11.4. The normalized spacial score (nSPS) is 10.5. The molecule has 1 aromatic carbocycles. The Morgan fingerprint density at radius 2 is 2.05 bits per heavy atom. The van der Waals surface area contributed by atoms with Crippen LogP contribution in [0.3, 0.4) is 0 Å². The Bertz CT molecular complexity index is 794. The molecule has 21 heavy (non-hydrogen) atoms. The third kappa shape index (κ3) is 2.41. The highest BCUT2D eigenvalue weighted by Crippen LogP contribution is 2.26. The summed E-state index contributed by atoms with van der Waals surface area (Å²) in [5.74, 6) is -1.01. The van der Waals surface area contributed by atoms with Crippen LogP contribution in [0.25, 0.3) is 16.9 Å². The molecule has 0 amide bonds. The van der Waals surface area contributed by atoms with Crippen LogP contribution in [0.1, 0.15) is 15.9 Å². The lowest BCUT2D eigenvalue weighted by Crippen LogP contribution is -2.03. The van der Waals surface area contributed by atoms with Gasteiger partial charge < -0.3 is 5.11 Å². The van der Waals surface area contributed by atoms with Crippen LogP contribution in [0.2, 0.25) is 0 Å². The molecule has 0 unspecified atom stereocenters. The molecule has 5 nitrogen and oxygen atoms in total. The molecule has 0 bridgehead atoms. The first-order valence-electron chi connectivity index (χ1n) is 6.45. The monoisotopic (exact) mass is 279 g/mol. The second-order valence-electron chi connectivity index (χ2n) is 4.70. The smallest absolute Gasteiger partial charge is 0.339 e. The molecule has 3 aromatic rings. The third-order valence-corrected chi connectivity index (χ3v) is 3.18. The van der Waals surface area contributed by atoms with E-state index in [-0.39, 0.29) is 5.56 Å². The fraction of sp³-hybridized carbons (Fsp3) is 0.0625. The highest BCUT2D eigenvalue weighted by atomic mass is 16.4. The van der Waals surface area contributed by atoms with Crippen molar-refractivity contribution in [1.29, 1.82) is 0 Å². The summed E-state index contributed by atoms with van der Waals surface area (Å²) in [5, 5.41) is 13.6. The van der Waals surface area contributed by atoms with E-state index in [2.05, 4.69) is 10.1 Å². The van der Waals surface area contributed by atoms with Gasteiger partial charge >= 0.3 is 5.97 Å². The Kier molecular flexibility index (Phi) is 3.23. The molecule has 2 heterocycles. The van der Waals surface area contributed by atoms with Crippen molar-refractivity contribution in [1.82, 2.24) is 14.8 Å².